The lowest BCUT2D eigenvalue weighted by atomic mass is 10.1. The van der Waals surface area contributed by atoms with Crippen molar-refractivity contribution in [2.45, 2.75) is 24.5 Å². The maximum atomic E-state index is 12.7. The molecule has 9 nitrogen and oxygen atoms in total. The number of rotatable bonds is 6. The summed E-state index contributed by atoms with van der Waals surface area (Å²) in [5, 5.41) is 16.2. The van der Waals surface area contributed by atoms with Crippen molar-refractivity contribution in [3.8, 4) is 6.07 Å². The smallest absolute Gasteiger partial charge is 0.475 e. The Labute approximate surface area is 235 Å². The van der Waals surface area contributed by atoms with Crippen molar-refractivity contribution in [3.63, 3.8) is 0 Å². The monoisotopic (exact) mass is 588 g/mol. The van der Waals surface area contributed by atoms with Crippen molar-refractivity contribution in [3.05, 3.63) is 95.1 Å². The number of nitrogens with zero attached hydrogens (tertiary/aromatic N) is 3. The number of aryl methyl sites for hydroxylation is 1. The van der Waals surface area contributed by atoms with Gasteiger partial charge < -0.3 is 10.0 Å². The summed E-state index contributed by atoms with van der Waals surface area (Å²) in [5.74, 6) is -2.81. The predicted octanol–water partition coefficient (Wildman–Crippen LogP) is 4.26. The van der Waals surface area contributed by atoms with Crippen LogP contribution >= 0.6 is 0 Å². The number of aliphatic carboxylic acids is 1. The van der Waals surface area contributed by atoms with Crippen molar-refractivity contribution in [1.29, 1.82) is 5.26 Å². The summed E-state index contributed by atoms with van der Waals surface area (Å²) < 4.78 is 59.5. The van der Waals surface area contributed by atoms with Gasteiger partial charge in [0.15, 0.2) is 0 Å². The fourth-order valence-electron chi connectivity index (χ4n) is 3.88. The number of carboxylic acid groups (broad SMARTS) is 1. The highest BCUT2D eigenvalue weighted by Gasteiger charge is 2.38. The lowest BCUT2D eigenvalue weighted by Gasteiger charge is -2.34. The molecule has 216 valence electrons. The molecule has 0 aromatic heterocycles. The largest absolute Gasteiger partial charge is 0.490 e. The minimum Gasteiger partial charge on any atom is -0.475 e. The molecule has 1 aliphatic rings. The Morgan fingerprint density at radius 3 is 2.10 bits per heavy atom. The number of carbonyl (C=O) groups excluding carboxylic acids is 1. The highest BCUT2D eigenvalue weighted by Crippen LogP contribution is 2.19. The van der Waals surface area contributed by atoms with E-state index >= 15 is 0 Å². The Morgan fingerprint density at radius 1 is 0.976 bits per heavy atom. The molecule has 0 atom stereocenters. The minimum atomic E-state index is -5.08. The summed E-state index contributed by atoms with van der Waals surface area (Å²) in [6.07, 6.45) is -5.08. The first-order valence-electron chi connectivity index (χ1n) is 12.3. The van der Waals surface area contributed by atoms with Crippen LogP contribution in [0, 0.1) is 18.3 Å². The molecule has 1 saturated heterocycles. The fraction of sp³-hybridized carbons (Fsp3) is 0.250. The van der Waals surface area contributed by atoms with E-state index in [0.29, 0.717) is 29.9 Å². The quantitative estimate of drug-likeness (QED) is 0.440. The number of piperazine rings is 1. The van der Waals surface area contributed by atoms with Crippen LogP contribution in [0.1, 0.15) is 27.0 Å². The standard InChI is InChI=1S/C26H26N4O3S.C2HF3O2/c1-20-5-11-25(12-6-20)34(32,33)28-24-9-7-21(8-10-24)19-29-13-15-30(16-14-29)26(31)23-4-2-3-22(17-23)18-27;3-2(4,5)1(6)7/h2-12,17,28H,13-16,19H2,1H3;(H,6,7). The molecule has 4 rings (SSSR count). The van der Waals surface area contributed by atoms with Gasteiger partial charge >= 0.3 is 12.1 Å². The van der Waals surface area contributed by atoms with Crippen LogP contribution in [-0.2, 0) is 21.4 Å². The SMILES string of the molecule is Cc1ccc(S(=O)(=O)Nc2ccc(CN3CCN(C(=O)c4cccc(C#N)c4)CC3)cc2)cc1.O=C(O)C(F)(F)F. The lowest BCUT2D eigenvalue weighted by molar-refractivity contribution is -0.192. The van der Waals surface area contributed by atoms with Gasteiger partial charge in [-0.25, -0.2) is 13.2 Å². The molecule has 2 N–H and O–H groups in total. The third-order valence-corrected chi connectivity index (χ3v) is 7.48. The van der Waals surface area contributed by atoms with Gasteiger partial charge in [0.1, 0.15) is 0 Å². The first-order chi connectivity index (χ1) is 19.3. The van der Waals surface area contributed by atoms with Crippen LogP contribution in [0.15, 0.2) is 77.7 Å². The number of sulfonamides is 1. The average Bonchev–Trinajstić information content (AvgIpc) is 2.94. The lowest BCUT2D eigenvalue weighted by Crippen LogP contribution is -2.48. The zero-order chi connectivity index (χ0) is 30.2. The van der Waals surface area contributed by atoms with Crippen LogP contribution in [0.2, 0.25) is 0 Å². The Balaban J connectivity index is 0.000000587. The number of carboxylic acids is 1. The van der Waals surface area contributed by atoms with Crippen molar-refractivity contribution >= 4 is 27.6 Å². The number of anilines is 1. The summed E-state index contributed by atoms with van der Waals surface area (Å²) in [6, 6.07) is 22.9. The van der Waals surface area contributed by atoms with Gasteiger partial charge in [0.05, 0.1) is 16.5 Å². The van der Waals surface area contributed by atoms with Gasteiger partial charge in [-0.15, -0.1) is 0 Å². The molecule has 0 saturated carbocycles. The van der Waals surface area contributed by atoms with Crippen molar-refractivity contribution in [2.24, 2.45) is 0 Å². The normalized spacial score (nSPS) is 13.9. The third kappa shape index (κ3) is 9.06. The van der Waals surface area contributed by atoms with E-state index in [4.69, 9.17) is 15.2 Å². The van der Waals surface area contributed by atoms with E-state index in [1.807, 2.05) is 24.0 Å². The molecule has 0 unspecified atom stereocenters. The van der Waals surface area contributed by atoms with Crippen LogP contribution < -0.4 is 4.72 Å². The molecule has 1 fully saturated rings. The zero-order valence-corrected chi connectivity index (χ0v) is 22.7. The number of hydrogen-bond donors (Lipinski definition) is 2. The van der Waals surface area contributed by atoms with Crippen molar-refractivity contribution < 1.29 is 36.3 Å². The summed E-state index contributed by atoms with van der Waals surface area (Å²) in [7, 11) is -3.63. The van der Waals surface area contributed by atoms with E-state index in [1.54, 1.807) is 60.7 Å². The number of nitrogens with one attached hydrogen (secondary N) is 1. The summed E-state index contributed by atoms with van der Waals surface area (Å²) in [6.45, 7) is 5.34. The number of amides is 1. The molecule has 1 heterocycles. The zero-order valence-electron chi connectivity index (χ0n) is 21.9. The maximum Gasteiger partial charge on any atom is 0.490 e. The molecule has 0 bridgehead atoms. The first kappa shape index (κ1) is 31.1. The van der Waals surface area contributed by atoms with E-state index in [1.165, 1.54) is 0 Å². The van der Waals surface area contributed by atoms with Crippen LogP contribution in [0.25, 0.3) is 0 Å². The molecule has 3 aromatic rings. The molecule has 1 aliphatic heterocycles. The molecular formula is C28H27F3N4O5S. The van der Waals surface area contributed by atoms with Gasteiger partial charge in [-0.1, -0.05) is 35.9 Å². The van der Waals surface area contributed by atoms with E-state index in [2.05, 4.69) is 15.7 Å². The summed E-state index contributed by atoms with van der Waals surface area (Å²) >= 11 is 0. The second kappa shape index (κ2) is 13.3. The van der Waals surface area contributed by atoms with E-state index in [9.17, 15) is 26.4 Å². The highest BCUT2D eigenvalue weighted by molar-refractivity contribution is 7.92. The van der Waals surface area contributed by atoms with Crippen LogP contribution in [0.4, 0.5) is 18.9 Å². The number of nitriles is 1. The number of hydrogen-bond acceptors (Lipinski definition) is 6. The molecule has 0 radical (unpaired) electrons. The second-order valence-corrected chi connectivity index (χ2v) is 10.9. The highest BCUT2D eigenvalue weighted by atomic mass is 32.2. The first-order valence-corrected chi connectivity index (χ1v) is 13.8. The number of benzene rings is 3. The van der Waals surface area contributed by atoms with Crippen LogP contribution in [0.5, 0.6) is 0 Å². The average molecular weight is 589 g/mol. The maximum absolute atomic E-state index is 12.7. The minimum absolute atomic E-state index is 0.0537. The van der Waals surface area contributed by atoms with Gasteiger partial charge in [-0.05, 0) is 55.0 Å². The van der Waals surface area contributed by atoms with Crippen LogP contribution in [-0.4, -0.2) is 67.6 Å². The van der Waals surface area contributed by atoms with E-state index in [0.717, 1.165) is 30.8 Å². The molecule has 13 heteroatoms. The summed E-state index contributed by atoms with van der Waals surface area (Å²) in [4.78, 5) is 26.0. The molecule has 0 spiro atoms. The molecule has 41 heavy (non-hydrogen) atoms. The summed E-state index contributed by atoms with van der Waals surface area (Å²) in [5.41, 5.74) is 3.60. The van der Waals surface area contributed by atoms with Crippen molar-refractivity contribution in [2.75, 3.05) is 30.9 Å². The molecule has 1 amide bonds. The number of carbonyl (C=O) groups is 2. The Morgan fingerprint density at radius 2 is 1.56 bits per heavy atom. The molecular weight excluding hydrogens is 561 g/mol. The topological polar surface area (TPSA) is 131 Å². The van der Waals surface area contributed by atoms with Gasteiger partial charge in [0.25, 0.3) is 15.9 Å². The fourth-order valence-corrected chi connectivity index (χ4v) is 4.94. The predicted molar refractivity (Wildman–Crippen MR) is 144 cm³/mol. The van der Waals surface area contributed by atoms with Crippen molar-refractivity contribution in [1.82, 2.24) is 9.80 Å². The Hall–Kier alpha value is -4.41. The molecule has 0 aliphatic carbocycles. The van der Waals surface area contributed by atoms with E-state index < -0.39 is 22.2 Å². The van der Waals surface area contributed by atoms with Gasteiger partial charge in [0, 0.05) is 44.0 Å². The van der Waals surface area contributed by atoms with E-state index in [-0.39, 0.29) is 10.8 Å². The Kier molecular flexibility index (Phi) is 10.1. The Bertz CT molecular complexity index is 1510. The number of alkyl halides is 3. The number of halogens is 3. The van der Waals surface area contributed by atoms with Gasteiger partial charge in [-0.2, -0.15) is 18.4 Å². The van der Waals surface area contributed by atoms with Crippen LogP contribution in [0.3, 0.4) is 0 Å². The van der Waals surface area contributed by atoms with Gasteiger partial charge in [0.2, 0.25) is 0 Å². The second-order valence-electron chi connectivity index (χ2n) is 9.18. The van der Waals surface area contributed by atoms with Gasteiger partial charge in [-0.3, -0.25) is 14.4 Å². The molecule has 3 aromatic carbocycles. The third-order valence-electron chi connectivity index (χ3n) is 6.08.